The molecule has 1 aliphatic heterocycles. The second-order valence-corrected chi connectivity index (χ2v) is 9.97. The third kappa shape index (κ3) is 7.58. The SMILES string of the molecule is C=C(CC)N(C[C@@H]1Cc2ccccc2N1)C(=O)OCc1ccc(NC(=O)[C@H](C)NC(=O)[C@@H](N)C(C)C)cc1. The van der Waals surface area contributed by atoms with Gasteiger partial charge in [-0.25, -0.2) is 4.79 Å². The number of nitrogens with one attached hydrogen (secondary N) is 3. The zero-order valence-corrected chi connectivity index (χ0v) is 22.6. The second kappa shape index (κ2) is 13.1. The Kier molecular flexibility index (Phi) is 9.90. The molecule has 0 saturated heterocycles. The minimum Gasteiger partial charge on any atom is -0.444 e. The van der Waals surface area contributed by atoms with E-state index in [0.717, 1.165) is 17.7 Å². The van der Waals surface area contributed by atoms with Crippen molar-refractivity contribution in [2.75, 3.05) is 17.2 Å². The Morgan fingerprint density at radius 1 is 1.11 bits per heavy atom. The number of fused-ring (bicyclic) bond motifs is 1. The standard InChI is InChI=1S/C29H39N5O4/c1-6-19(4)34(16-24-15-22-9-7-8-10-25(22)32-24)29(37)38-17-21-11-13-23(14-12-21)33-27(35)20(5)31-28(36)26(30)18(2)3/h7-14,18,20,24,26,32H,4,6,15-17,30H2,1-3,5H3,(H,31,36)(H,33,35)/t20-,24-,26-/m0/s1. The lowest BCUT2D eigenvalue weighted by atomic mass is 10.0. The quantitative estimate of drug-likeness (QED) is 0.354. The fraction of sp³-hybridized carbons (Fsp3) is 0.414. The van der Waals surface area contributed by atoms with Gasteiger partial charge in [-0.15, -0.1) is 0 Å². The molecule has 0 fully saturated rings. The van der Waals surface area contributed by atoms with E-state index in [0.29, 0.717) is 24.4 Å². The van der Waals surface area contributed by atoms with Crippen LogP contribution in [0.2, 0.25) is 0 Å². The molecule has 3 amide bonds. The Morgan fingerprint density at radius 3 is 2.42 bits per heavy atom. The number of carbonyl (C=O) groups excluding carboxylic acids is 3. The molecule has 0 spiro atoms. The van der Waals surface area contributed by atoms with Gasteiger partial charge in [-0.1, -0.05) is 57.7 Å². The normalized spacial score (nSPS) is 15.6. The van der Waals surface area contributed by atoms with Gasteiger partial charge in [-0.3, -0.25) is 14.5 Å². The first-order valence-corrected chi connectivity index (χ1v) is 13.0. The van der Waals surface area contributed by atoms with Gasteiger partial charge in [-0.05, 0) is 55.0 Å². The molecule has 0 aromatic heterocycles. The lowest BCUT2D eigenvalue weighted by Crippen LogP contribution is -2.50. The van der Waals surface area contributed by atoms with Crippen molar-refractivity contribution in [3.05, 3.63) is 71.9 Å². The fourth-order valence-corrected chi connectivity index (χ4v) is 4.07. The van der Waals surface area contributed by atoms with E-state index in [2.05, 4.69) is 28.6 Å². The Balaban J connectivity index is 1.50. The highest BCUT2D eigenvalue weighted by Crippen LogP contribution is 2.26. The van der Waals surface area contributed by atoms with Crippen molar-refractivity contribution in [2.24, 2.45) is 11.7 Å². The third-order valence-electron chi connectivity index (χ3n) is 6.61. The van der Waals surface area contributed by atoms with Crippen molar-refractivity contribution in [2.45, 2.75) is 65.3 Å². The number of hydrogen-bond acceptors (Lipinski definition) is 6. The van der Waals surface area contributed by atoms with Crippen LogP contribution in [0.25, 0.3) is 0 Å². The van der Waals surface area contributed by atoms with Gasteiger partial charge in [0.25, 0.3) is 0 Å². The maximum absolute atomic E-state index is 13.0. The Labute approximate surface area is 224 Å². The Morgan fingerprint density at radius 2 is 1.79 bits per heavy atom. The number of hydrogen-bond donors (Lipinski definition) is 4. The molecule has 5 N–H and O–H groups in total. The van der Waals surface area contributed by atoms with Crippen LogP contribution in [0, 0.1) is 5.92 Å². The number of benzene rings is 2. The van der Waals surface area contributed by atoms with Gasteiger partial charge in [0.1, 0.15) is 12.6 Å². The number of anilines is 2. The molecule has 3 atom stereocenters. The molecule has 1 aliphatic rings. The van der Waals surface area contributed by atoms with Crippen LogP contribution in [0.15, 0.2) is 60.8 Å². The largest absolute Gasteiger partial charge is 0.444 e. The van der Waals surface area contributed by atoms with E-state index in [1.165, 1.54) is 5.56 Å². The highest BCUT2D eigenvalue weighted by molar-refractivity contribution is 5.97. The summed E-state index contributed by atoms with van der Waals surface area (Å²) in [5.74, 6) is -0.756. The fourth-order valence-electron chi connectivity index (χ4n) is 4.07. The number of para-hydroxylation sites is 1. The summed E-state index contributed by atoms with van der Waals surface area (Å²) in [6.45, 7) is 11.8. The van der Waals surface area contributed by atoms with Crippen LogP contribution in [0.3, 0.4) is 0 Å². The first-order chi connectivity index (χ1) is 18.1. The first kappa shape index (κ1) is 28.7. The summed E-state index contributed by atoms with van der Waals surface area (Å²) >= 11 is 0. The zero-order chi connectivity index (χ0) is 27.8. The van der Waals surface area contributed by atoms with Gasteiger partial charge in [-0.2, -0.15) is 0 Å². The average molecular weight is 522 g/mol. The molecule has 0 aliphatic carbocycles. The van der Waals surface area contributed by atoms with Crippen LogP contribution in [-0.4, -0.2) is 47.5 Å². The predicted octanol–water partition coefficient (Wildman–Crippen LogP) is 4.01. The van der Waals surface area contributed by atoms with E-state index < -0.39 is 18.2 Å². The van der Waals surface area contributed by atoms with Gasteiger partial charge >= 0.3 is 6.09 Å². The molecule has 0 radical (unpaired) electrons. The molecule has 38 heavy (non-hydrogen) atoms. The molecule has 0 unspecified atom stereocenters. The summed E-state index contributed by atoms with van der Waals surface area (Å²) < 4.78 is 5.60. The van der Waals surface area contributed by atoms with Crippen LogP contribution >= 0.6 is 0 Å². The summed E-state index contributed by atoms with van der Waals surface area (Å²) in [7, 11) is 0. The predicted molar refractivity (Wildman–Crippen MR) is 149 cm³/mol. The average Bonchev–Trinajstić information content (AvgIpc) is 3.32. The lowest BCUT2D eigenvalue weighted by Gasteiger charge is -2.26. The van der Waals surface area contributed by atoms with Crippen LogP contribution in [-0.2, 0) is 27.4 Å². The van der Waals surface area contributed by atoms with E-state index >= 15 is 0 Å². The van der Waals surface area contributed by atoms with E-state index in [-0.39, 0.29) is 30.4 Å². The summed E-state index contributed by atoms with van der Waals surface area (Å²) in [5.41, 5.74) is 10.2. The molecule has 2 aromatic carbocycles. The van der Waals surface area contributed by atoms with Crippen LogP contribution in [0.4, 0.5) is 16.2 Å². The third-order valence-corrected chi connectivity index (χ3v) is 6.61. The monoisotopic (exact) mass is 521 g/mol. The number of nitrogens with two attached hydrogens (primary N) is 1. The van der Waals surface area contributed by atoms with Crippen molar-refractivity contribution in [3.63, 3.8) is 0 Å². The van der Waals surface area contributed by atoms with E-state index in [1.807, 2.05) is 39.0 Å². The highest BCUT2D eigenvalue weighted by Gasteiger charge is 2.27. The molecule has 9 nitrogen and oxygen atoms in total. The van der Waals surface area contributed by atoms with Crippen molar-refractivity contribution < 1.29 is 19.1 Å². The van der Waals surface area contributed by atoms with Crippen molar-refractivity contribution >= 4 is 29.3 Å². The molecule has 2 aromatic rings. The van der Waals surface area contributed by atoms with E-state index in [9.17, 15) is 14.4 Å². The van der Waals surface area contributed by atoms with Gasteiger partial charge in [0, 0.05) is 29.7 Å². The molecule has 0 bridgehead atoms. The molecule has 0 saturated carbocycles. The minimum absolute atomic E-state index is 0.0319. The van der Waals surface area contributed by atoms with Crippen LogP contribution in [0.1, 0.15) is 45.2 Å². The Bertz CT molecular complexity index is 1120. The summed E-state index contributed by atoms with van der Waals surface area (Å²) in [6.07, 6.45) is 1.01. The Hall–Kier alpha value is -3.85. The highest BCUT2D eigenvalue weighted by atomic mass is 16.6. The topological polar surface area (TPSA) is 126 Å². The zero-order valence-electron chi connectivity index (χ0n) is 22.6. The molecule has 204 valence electrons. The molecule has 1 heterocycles. The summed E-state index contributed by atoms with van der Waals surface area (Å²) in [4.78, 5) is 39.1. The molecule has 9 heteroatoms. The van der Waals surface area contributed by atoms with Gasteiger partial charge in [0.05, 0.1) is 6.04 Å². The molecular formula is C29H39N5O4. The number of carbonyl (C=O) groups is 3. The minimum atomic E-state index is -0.743. The van der Waals surface area contributed by atoms with Gasteiger partial charge < -0.3 is 26.4 Å². The summed E-state index contributed by atoms with van der Waals surface area (Å²) in [6, 6.07) is 13.8. The second-order valence-electron chi connectivity index (χ2n) is 9.97. The maximum Gasteiger partial charge on any atom is 0.414 e. The first-order valence-electron chi connectivity index (χ1n) is 13.0. The van der Waals surface area contributed by atoms with Gasteiger partial charge in [0.15, 0.2) is 0 Å². The number of rotatable bonds is 11. The number of amides is 3. The maximum atomic E-state index is 13.0. The van der Waals surface area contributed by atoms with Crippen LogP contribution in [0.5, 0.6) is 0 Å². The van der Waals surface area contributed by atoms with E-state index in [1.54, 1.807) is 36.1 Å². The summed E-state index contributed by atoms with van der Waals surface area (Å²) in [5, 5.41) is 8.87. The van der Waals surface area contributed by atoms with Gasteiger partial charge in [0.2, 0.25) is 11.8 Å². The lowest BCUT2D eigenvalue weighted by molar-refractivity contribution is -0.127. The number of nitrogens with zero attached hydrogens (tertiary/aromatic N) is 1. The molecule has 3 rings (SSSR count). The number of ether oxygens (including phenoxy) is 1. The van der Waals surface area contributed by atoms with Crippen molar-refractivity contribution in [1.29, 1.82) is 0 Å². The van der Waals surface area contributed by atoms with E-state index in [4.69, 9.17) is 10.5 Å². The molecular weight excluding hydrogens is 482 g/mol. The van der Waals surface area contributed by atoms with Crippen molar-refractivity contribution in [1.82, 2.24) is 10.2 Å². The van der Waals surface area contributed by atoms with Crippen molar-refractivity contribution in [3.8, 4) is 0 Å². The number of allylic oxidation sites excluding steroid dienone is 1. The van der Waals surface area contributed by atoms with Crippen LogP contribution < -0.4 is 21.7 Å². The smallest absolute Gasteiger partial charge is 0.414 e.